The average molecular weight is 546 g/mol. The van der Waals surface area contributed by atoms with Crippen LogP contribution in [0.4, 0.5) is 0 Å². The lowest BCUT2D eigenvalue weighted by atomic mass is 10.1. The van der Waals surface area contributed by atoms with Gasteiger partial charge in [-0.2, -0.15) is 0 Å². The Morgan fingerprint density at radius 3 is 2.28 bits per heavy atom. The summed E-state index contributed by atoms with van der Waals surface area (Å²) < 4.78 is 56.4. The lowest BCUT2D eigenvalue weighted by molar-refractivity contribution is -0.134. The third-order valence-electron chi connectivity index (χ3n) is 6.09. The van der Waals surface area contributed by atoms with E-state index < -0.39 is 36.5 Å². The van der Waals surface area contributed by atoms with Crippen molar-refractivity contribution in [2.45, 2.75) is 69.4 Å². The van der Waals surface area contributed by atoms with Crippen molar-refractivity contribution in [3.63, 3.8) is 0 Å². The third kappa shape index (κ3) is 11.2. The SMILES string of the molecule is COCCOCO[C@H](C/C=C/C(=O)OC)[C@@H](CNS(=O)(=O)c1ccc(C)cc1)O[Si](C)(C)C(C)(C)C. The van der Waals surface area contributed by atoms with Gasteiger partial charge in [-0.25, -0.2) is 17.9 Å². The van der Waals surface area contributed by atoms with Gasteiger partial charge in [-0.15, -0.1) is 0 Å². The largest absolute Gasteiger partial charge is 0.466 e. The minimum atomic E-state index is -3.78. The number of benzene rings is 1. The Labute approximate surface area is 217 Å². The summed E-state index contributed by atoms with van der Waals surface area (Å²) in [5, 5.41) is -0.123. The summed E-state index contributed by atoms with van der Waals surface area (Å²) in [6.07, 6.45) is 1.99. The van der Waals surface area contributed by atoms with Gasteiger partial charge in [0.1, 0.15) is 6.79 Å². The molecule has 0 radical (unpaired) electrons. The van der Waals surface area contributed by atoms with E-state index in [0.717, 1.165) is 5.56 Å². The second-order valence-electron chi connectivity index (χ2n) is 9.97. The molecule has 36 heavy (non-hydrogen) atoms. The predicted molar refractivity (Wildman–Crippen MR) is 142 cm³/mol. The van der Waals surface area contributed by atoms with E-state index in [1.807, 2.05) is 6.92 Å². The molecule has 9 nitrogen and oxygen atoms in total. The summed E-state index contributed by atoms with van der Waals surface area (Å²) in [7, 11) is -3.23. The van der Waals surface area contributed by atoms with Crippen LogP contribution in [0.15, 0.2) is 41.3 Å². The molecule has 0 aliphatic heterocycles. The maximum atomic E-state index is 13.0. The van der Waals surface area contributed by atoms with Crippen LogP contribution >= 0.6 is 0 Å². The monoisotopic (exact) mass is 545 g/mol. The van der Waals surface area contributed by atoms with E-state index in [9.17, 15) is 13.2 Å². The summed E-state index contributed by atoms with van der Waals surface area (Å²) in [6.45, 7) is 13.1. The van der Waals surface area contributed by atoms with Gasteiger partial charge in [-0.05, 0) is 43.6 Å². The molecular formula is C25H43NO8SSi. The van der Waals surface area contributed by atoms with Gasteiger partial charge in [-0.3, -0.25) is 0 Å². The van der Waals surface area contributed by atoms with Crippen LogP contribution in [0.3, 0.4) is 0 Å². The Kier molecular flexibility index (Phi) is 13.5. The van der Waals surface area contributed by atoms with Gasteiger partial charge in [0.25, 0.3) is 0 Å². The molecule has 0 spiro atoms. The number of rotatable bonds is 16. The molecular weight excluding hydrogens is 502 g/mol. The van der Waals surface area contributed by atoms with E-state index in [2.05, 4.69) is 43.3 Å². The number of nitrogens with one attached hydrogen (secondary N) is 1. The van der Waals surface area contributed by atoms with E-state index >= 15 is 0 Å². The van der Waals surface area contributed by atoms with Gasteiger partial charge in [-0.1, -0.05) is 44.5 Å². The van der Waals surface area contributed by atoms with Crippen molar-refractivity contribution in [2.75, 3.05) is 40.8 Å². The van der Waals surface area contributed by atoms with E-state index in [0.29, 0.717) is 13.2 Å². The molecule has 0 amide bonds. The Morgan fingerprint density at radius 2 is 1.72 bits per heavy atom. The van der Waals surface area contributed by atoms with Crippen LogP contribution in [0.5, 0.6) is 0 Å². The topological polar surface area (TPSA) is 109 Å². The summed E-state index contributed by atoms with van der Waals surface area (Å²) >= 11 is 0. The fraction of sp³-hybridized carbons (Fsp3) is 0.640. The predicted octanol–water partition coefficient (Wildman–Crippen LogP) is 3.79. The normalized spacial score (nSPS) is 14.7. The number of hydrogen-bond acceptors (Lipinski definition) is 8. The van der Waals surface area contributed by atoms with Crippen molar-refractivity contribution in [3.05, 3.63) is 42.0 Å². The highest BCUT2D eigenvalue weighted by Gasteiger charge is 2.41. The van der Waals surface area contributed by atoms with Crippen molar-refractivity contribution in [1.29, 1.82) is 0 Å². The first-order valence-corrected chi connectivity index (χ1v) is 16.3. The van der Waals surface area contributed by atoms with Gasteiger partial charge in [0.05, 0.1) is 37.4 Å². The molecule has 0 bridgehead atoms. The lowest BCUT2D eigenvalue weighted by Gasteiger charge is -2.41. The molecule has 0 fully saturated rings. The number of carbonyl (C=O) groups is 1. The number of carbonyl (C=O) groups excluding carboxylic acids is 1. The second-order valence-corrected chi connectivity index (χ2v) is 16.5. The van der Waals surface area contributed by atoms with E-state index in [-0.39, 0.29) is 29.7 Å². The molecule has 1 N–H and O–H groups in total. The summed E-state index contributed by atoms with van der Waals surface area (Å²) in [5.41, 5.74) is 0.965. The molecule has 0 saturated heterocycles. The van der Waals surface area contributed by atoms with Crippen LogP contribution in [-0.4, -0.2) is 75.7 Å². The molecule has 1 aromatic rings. The van der Waals surface area contributed by atoms with Crippen LogP contribution in [0.2, 0.25) is 18.1 Å². The summed E-state index contributed by atoms with van der Waals surface area (Å²) in [4.78, 5) is 11.8. The Hall–Kier alpha value is -1.60. The number of esters is 1. The highest BCUT2D eigenvalue weighted by Crippen LogP contribution is 2.38. The third-order valence-corrected chi connectivity index (χ3v) is 12.0. The van der Waals surface area contributed by atoms with Crippen LogP contribution in [-0.2, 0) is 38.2 Å². The van der Waals surface area contributed by atoms with Crippen LogP contribution < -0.4 is 4.72 Å². The number of aryl methyl sites for hydroxylation is 1. The smallest absolute Gasteiger partial charge is 0.330 e. The first-order valence-electron chi connectivity index (χ1n) is 11.9. The molecule has 0 aliphatic carbocycles. The van der Waals surface area contributed by atoms with Gasteiger partial charge in [0, 0.05) is 19.7 Å². The maximum absolute atomic E-state index is 13.0. The minimum Gasteiger partial charge on any atom is -0.466 e. The Balaban J connectivity index is 3.19. The lowest BCUT2D eigenvalue weighted by Crippen LogP contribution is -2.51. The average Bonchev–Trinajstić information content (AvgIpc) is 2.80. The highest BCUT2D eigenvalue weighted by molar-refractivity contribution is 7.89. The van der Waals surface area contributed by atoms with Crippen LogP contribution in [0.1, 0.15) is 32.8 Å². The summed E-state index contributed by atoms with van der Waals surface area (Å²) in [5.74, 6) is -0.493. The van der Waals surface area contributed by atoms with E-state index in [1.54, 1.807) is 37.5 Å². The standard InChI is InChI=1S/C25H43NO8SSi/c1-20-12-14-21(15-13-20)35(28,29)26-18-23(34-36(7,8)25(2,3)4)22(10-9-11-24(27)31-6)33-19-32-17-16-30-5/h9,11-15,22-23,26H,10,16-19H2,1-8H3/b11-9+/t22-,23-/m1/s1. The number of sulfonamides is 1. The molecule has 1 rings (SSSR count). The molecule has 0 aliphatic rings. The summed E-state index contributed by atoms with van der Waals surface area (Å²) in [6, 6.07) is 6.63. The van der Waals surface area contributed by atoms with Crippen molar-refractivity contribution < 1.29 is 36.6 Å². The first-order chi connectivity index (χ1) is 16.7. The molecule has 0 unspecified atom stereocenters. The van der Waals surface area contributed by atoms with Crippen molar-refractivity contribution in [1.82, 2.24) is 4.72 Å². The number of ether oxygens (including phenoxy) is 4. The Bertz CT molecular complexity index is 926. The van der Waals surface area contributed by atoms with Crippen LogP contribution in [0.25, 0.3) is 0 Å². The Morgan fingerprint density at radius 1 is 1.08 bits per heavy atom. The maximum Gasteiger partial charge on any atom is 0.330 e. The van der Waals surface area contributed by atoms with Gasteiger partial charge in [0.2, 0.25) is 10.0 Å². The molecule has 11 heteroatoms. The van der Waals surface area contributed by atoms with E-state index in [1.165, 1.54) is 13.2 Å². The molecule has 1 aromatic carbocycles. The fourth-order valence-corrected chi connectivity index (χ4v) is 5.22. The van der Waals surface area contributed by atoms with Gasteiger partial charge < -0.3 is 23.4 Å². The molecule has 206 valence electrons. The molecule has 0 heterocycles. The zero-order valence-electron chi connectivity index (χ0n) is 22.8. The highest BCUT2D eigenvalue weighted by atomic mass is 32.2. The number of hydrogen-bond donors (Lipinski definition) is 1. The zero-order chi connectivity index (χ0) is 27.4. The van der Waals surface area contributed by atoms with Crippen molar-refractivity contribution >= 4 is 24.3 Å². The minimum absolute atomic E-state index is 0.0163. The first kappa shape index (κ1) is 32.4. The van der Waals surface area contributed by atoms with Crippen molar-refractivity contribution in [2.24, 2.45) is 0 Å². The van der Waals surface area contributed by atoms with Gasteiger partial charge in [0.15, 0.2) is 8.32 Å². The fourth-order valence-electron chi connectivity index (χ4n) is 2.83. The van der Waals surface area contributed by atoms with Gasteiger partial charge >= 0.3 is 5.97 Å². The molecule has 0 aromatic heterocycles. The second kappa shape index (κ2) is 15.0. The molecule has 2 atom stereocenters. The van der Waals surface area contributed by atoms with Crippen molar-refractivity contribution in [3.8, 4) is 0 Å². The zero-order valence-corrected chi connectivity index (χ0v) is 24.6. The van der Waals surface area contributed by atoms with E-state index in [4.69, 9.17) is 18.6 Å². The number of methoxy groups -OCH3 is 2. The van der Waals surface area contributed by atoms with Crippen LogP contribution in [0, 0.1) is 6.92 Å². The molecule has 0 saturated carbocycles. The quantitative estimate of drug-likeness (QED) is 0.110.